The van der Waals surface area contributed by atoms with Crippen molar-refractivity contribution < 1.29 is 4.79 Å². The van der Waals surface area contributed by atoms with Gasteiger partial charge in [-0.15, -0.1) is 11.3 Å². The third kappa shape index (κ3) is 4.57. The number of para-hydroxylation sites is 1. The Morgan fingerprint density at radius 1 is 0.824 bits per heavy atom. The van der Waals surface area contributed by atoms with Gasteiger partial charge in [-0.2, -0.15) is 4.98 Å². The summed E-state index contributed by atoms with van der Waals surface area (Å²) in [5.74, 6) is 1.11. The fraction of sp³-hybridized carbons (Fsp3) is 0.0769. The maximum Gasteiger partial charge on any atom is 0.275 e. The van der Waals surface area contributed by atoms with E-state index in [0.717, 1.165) is 33.0 Å². The summed E-state index contributed by atoms with van der Waals surface area (Å²) in [5, 5.41) is 9.74. The second-order valence-electron chi connectivity index (χ2n) is 7.84. The van der Waals surface area contributed by atoms with Crippen molar-refractivity contribution in [3.63, 3.8) is 0 Å². The molecule has 7 nitrogen and oxygen atoms in total. The number of rotatable bonds is 6. The molecule has 0 bridgehead atoms. The van der Waals surface area contributed by atoms with Gasteiger partial charge in [0.2, 0.25) is 5.95 Å². The van der Waals surface area contributed by atoms with Gasteiger partial charge in [0.15, 0.2) is 0 Å². The van der Waals surface area contributed by atoms with Gasteiger partial charge < -0.3 is 15.5 Å². The first kappa shape index (κ1) is 21.5. The van der Waals surface area contributed by atoms with E-state index >= 15 is 0 Å². The summed E-state index contributed by atoms with van der Waals surface area (Å²) >= 11 is 1.45. The molecule has 0 aliphatic heterocycles. The summed E-state index contributed by atoms with van der Waals surface area (Å²) in [6.45, 7) is 0. The molecule has 0 spiro atoms. The lowest BCUT2D eigenvalue weighted by Gasteiger charge is -2.16. The molecule has 3 aromatic carbocycles. The van der Waals surface area contributed by atoms with Crippen LogP contribution in [0.4, 0.5) is 23.1 Å². The Kier molecular flexibility index (Phi) is 5.88. The summed E-state index contributed by atoms with van der Waals surface area (Å²) in [4.78, 5) is 28.4. The average molecular weight is 467 g/mol. The van der Waals surface area contributed by atoms with Gasteiger partial charge in [0.05, 0.1) is 5.52 Å². The Morgan fingerprint density at radius 3 is 2.29 bits per heavy atom. The average Bonchev–Trinajstić information content (AvgIpc) is 3.36. The topological polar surface area (TPSA) is 83.0 Å². The van der Waals surface area contributed by atoms with Crippen molar-refractivity contribution in [3.05, 3.63) is 89.9 Å². The molecular weight excluding hydrogens is 444 g/mol. The monoisotopic (exact) mass is 466 g/mol. The fourth-order valence-corrected chi connectivity index (χ4v) is 4.32. The minimum Gasteiger partial charge on any atom is -0.362 e. The van der Waals surface area contributed by atoms with Crippen LogP contribution in [0.5, 0.6) is 0 Å². The maximum absolute atomic E-state index is 12.7. The molecule has 0 fully saturated rings. The Hall–Kier alpha value is -4.30. The molecule has 0 unspecified atom stereocenters. The van der Waals surface area contributed by atoms with Crippen molar-refractivity contribution in [2.45, 2.75) is 0 Å². The summed E-state index contributed by atoms with van der Waals surface area (Å²) in [5.41, 5.74) is 3.75. The molecule has 1 amide bonds. The molecule has 34 heavy (non-hydrogen) atoms. The van der Waals surface area contributed by atoms with E-state index in [4.69, 9.17) is 0 Å². The number of amides is 1. The highest BCUT2D eigenvalue weighted by atomic mass is 32.1. The number of anilines is 4. The molecule has 0 aliphatic rings. The van der Waals surface area contributed by atoms with Crippen LogP contribution in [-0.2, 0) is 0 Å². The van der Waals surface area contributed by atoms with Crippen molar-refractivity contribution in [1.29, 1.82) is 0 Å². The Bertz CT molecular complexity index is 1450. The minimum atomic E-state index is -0.243. The van der Waals surface area contributed by atoms with E-state index in [0.29, 0.717) is 17.3 Å². The molecule has 2 N–H and O–H groups in total. The second-order valence-corrected chi connectivity index (χ2v) is 8.70. The van der Waals surface area contributed by atoms with Crippen molar-refractivity contribution in [3.8, 4) is 10.6 Å². The van der Waals surface area contributed by atoms with Crippen LogP contribution in [0.3, 0.4) is 0 Å². The lowest BCUT2D eigenvalue weighted by atomic mass is 10.2. The van der Waals surface area contributed by atoms with Crippen LogP contribution < -0.4 is 15.5 Å². The van der Waals surface area contributed by atoms with Crippen LogP contribution in [0.15, 0.2) is 84.2 Å². The zero-order valence-electron chi connectivity index (χ0n) is 18.7. The summed E-state index contributed by atoms with van der Waals surface area (Å²) in [6.07, 6.45) is 0. The predicted octanol–water partition coefficient (Wildman–Crippen LogP) is 5.82. The number of hydrogen-bond donors (Lipinski definition) is 2. The summed E-state index contributed by atoms with van der Waals surface area (Å²) in [6, 6.07) is 25.2. The third-order valence-electron chi connectivity index (χ3n) is 5.16. The molecule has 5 rings (SSSR count). The number of benzene rings is 3. The zero-order chi connectivity index (χ0) is 23.5. The van der Waals surface area contributed by atoms with Gasteiger partial charge in [0.25, 0.3) is 5.91 Å². The van der Waals surface area contributed by atoms with Crippen LogP contribution in [0.2, 0.25) is 0 Å². The van der Waals surface area contributed by atoms with E-state index in [2.05, 4.69) is 25.6 Å². The van der Waals surface area contributed by atoms with Crippen LogP contribution in [0, 0.1) is 0 Å². The number of carbonyl (C=O) groups is 1. The number of thiazole rings is 1. The van der Waals surface area contributed by atoms with E-state index in [-0.39, 0.29) is 5.91 Å². The number of hydrogen-bond acceptors (Lipinski definition) is 7. The van der Waals surface area contributed by atoms with Crippen LogP contribution >= 0.6 is 11.3 Å². The Morgan fingerprint density at radius 2 is 1.53 bits per heavy atom. The van der Waals surface area contributed by atoms with E-state index in [1.54, 1.807) is 5.38 Å². The first-order chi connectivity index (χ1) is 16.6. The fourth-order valence-electron chi connectivity index (χ4n) is 3.51. The van der Waals surface area contributed by atoms with Crippen LogP contribution in [-0.4, -0.2) is 35.0 Å². The number of fused-ring (bicyclic) bond motifs is 1. The lowest BCUT2D eigenvalue weighted by molar-refractivity contribution is 0.102. The SMILES string of the molecule is CN(C)c1nc(Nc2ccc(NC(=O)c3csc(-c4ccccc4)n3)cc2)nc2ccccc12. The zero-order valence-corrected chi connectivity index (χ0v) is 19.5. The molecule has 0 aliphatic carbocycles. The summed E-state index contributed by atoms with van der Waals surface area (Å²) in [7, 11) is 3.92. The molecule has 2 aromatic heterocycles. The van der Waals surface area contributed by atoms with E-state index < -0.39 is 0 Å². The quantitative estimate of drug-likeness (QED) is 0.328. The van der Waals surface area contributed by atoms with Crippen molar-refractivity contribution in [2.24, 2.45) is 0 Å². The largest absolute Gasteiger partial charge is 0.362 e. The van der Waals surface area contributed by atoms with E-state index in [9.17, 15) is 4.79 Å². The van der Waals surface area contributed by atoms with Gasteiger partial charge in [-0.25, -0.2) is 9.97 Å². The number of nitrogens with one attached hydrogen (secondary N) is 2. The molecule has 168 valence electrons. The van der Waals surface area contributed by atoms with Gasteiger partial charge in [0.1, 0.15) is 16.5 Å². The Balaban J connectivity index is 1.29. The number of aromatic nitrogens is 3. The maximum atomic E-state index is 12.7. The first-order valence-corrected chi connectivity index (χ1v) is 11.6. The van der Waals surface area contributed by atoms with Gasteiger partial charge >= 0.3 is 0 Å². The molecular formula is C26H22N6OS. The molecule has 5 aromatic rings. The number of carbonyl (C=O) groups excluding carboxylic acids is 1. The molecule has 2 heterocycles. The highest BCUT2D eigenvalue weighted by Gasteiger charge is 2.13. The van der Waals surface area contributed by atoms with E-state index in [1.807, 2.05) is 97.9 Å². The Labute approximate surface area is 201 Å². The van der Waals surface area contributed by atoms with Crippen molar-refractivity contribution in [1.82, 2.24) is 15.0 Å². The lowest BCUT2D eigenvalue weighted by Crippen LogP contribution is -2.13. The molecule has 0 saturated heterocycles. The summed E-state index contributed by atoms with van der Waals surface area (Å²) < 4.78 is 0. The first-order valence-electron chi connectivity index (χ1n) is 10.7. The van der Waals surface area contributed by atoms with Crippen LogP contribution in [0.25, 0.3) is 21.5 Å². The third-order valence-corrected chi connectivity index (χ3v) is 6.05. The predicted molar refractivity (Wildman–Crippen MR) is 139 cm³/mol. The van der Waals surface area contributed by atoms with Gasteiger partial charge in [0, 0.05) is 41.8 Å². The van der Waals surface area contributed by atoms with Gasteiger partial charge in [-0.1, -0.05) is 42.5 Å². The second kappa shape index (κ2) is 9.29. The van der Waals surface area contributed by atoms with Gasteiger partial charge in [-0.05, 0) is 36.4 Å². The van der Waals surface area contributed by atoms with E-state index in [1.165, 1.54) is 11.3 Å². The minimum absolute atomic E-state index is 0.243. The molecule has 0 radical (unpaired) electrons. The normalized spacial score (nSPS) is 10.8. The van der Waals surface area contributed by atoms with Crippen molar-refractivity contribution >= 4 is 51.3 Å². The van der Waals surface area contributed by atoms with Gasteiger partial charge in [-0.3, -0.25) is 4.79 Å². The molecule has 0 atom stereocenters. The smallest absolute Gasteiger partial charge is 0.275 e. The highest BCUT2D eigenvalue weighted by Crippen LogP contribution is 2.26. The van der Waals surface area contributed by atoms with Crippen molar-refractivity contribution in [2.75, 3.05) is 29.6 Å². The highest BCUT2D eigenvalue weighted by molar-refractivity contribution is 7.13. The molecule has 8 heteroatoms. The standard InChI is InChI=1S/C26H22N6OS/c1-32(2)23-20-10-6-7-11-21(20)30-26(31-23)28-19-14-12-18(13-15-19)27-24(33)22-16-34-25(29-22)17-8-4-3-5-9-17/h3-16H,1-2H3,(H,27,33)(H,28,30,31). The molecule has 0 saturated carbocycles. The van der Waals surface area contributed by atoms with Crippen LogP contribution in [0.1, 0.15) is 10.5 Å². The number of nitrogens with zero attached hydrogens (tertiary/aromatic N) is 4.